The fourth-order valence-electron chi connectivity index (χ4n) is 1.65. The minimum Gasteiger partial charge on any atom is -0.496 e. The standard InChI is InChI=1S/C13H21NO3S2/c1-10-4-5-13(17-2)11(8-10)12(14)9-18-6-7-19(3,15)16/h4-5,8,12H,6-7,9,14H2,1-3H3. The van der Waals surface area contributed by atoms with E-state index in [9.17, 15) is 8.42 Å². The normalized spacial score (nSPS) is 13.3. The van der Waals surface area contributed by atoms with Gasteiger partial charge in [-0.05, 0) is 13.0 Å². The van der Waals surface area contributed by atoms with Gasteiger partial charge >= 0.3 is 0 Å². The van der Waals surface area contributed by atoms with Crippen LogP contribution in [0.1, 0.15) is 17.2 Å². The summed E-state index contributed by atoms with van der Waals surface area (Å²) in [6.45, 7) is 2.01. The maximum atomic E-state index is 11.0. The molecule has 1 aromatic carbocycles. The highest BCUT2D eigenvalue weighted by Crippen LogP contribution is 2.27. The summed E-state index contributed by atoms with van der Waals surface area (Å²) in [6, 6.07) is 5.75. The van der Waals surface area contributed by atoms with Crippen molar-refractivity contribution >= 4 is 21.6 Å². The van der Waals surface area contributed by atoms with Crippen molar-refractivity contribution in [1.82, 2.24) is 0 Å². The monoisotopic (exact) mass is 303 g/mol. The number of ether oxygens (including phenoxy) is 1. The quantitative estimate of drug-likeness (QED) is 0.778. The molecule has 4 nitrogen and oxygen atoms in total. The van der Waals surface area contributed by atoms with Crippen molar-refractivity contribution in [3.8, 4) is 5.75 Å². The summed E-state index contributed by atoms with van der Waals surface area (Å²) in [5.41, 5.74) is 8.24. The summed E-state index contributed by atoms with van der Waals surface area (Å²) < 4.78 is 27.3. The van der Waals surface area contributed by atoms with Crippen LogP contribution in [0.2, 0.25) is 0 Å². The Labute approximate surface area is 119 Å². The number of hydrogen-bond donors (Lipinski definition) is 1. The van der Waals surface area contributed by atoms with Crippen molar-refractivity contribution in [1.29, 1.82) is 0 Å². The molecule has 0 aliphatic heterocycles. The third-order valence-corrected chi connectivity index (χ3v) is 4.97. The number of nitrogens with two attached hydrogens (primary N) is 1. The average molecular weight is 303 g/mol. The maximum absolute atomic E-state index is 11.0. The molecular formula is C13H21NO3S2. The molecule has 0 aliphatic carbocycles. The van der Waals surface area contributed by atoms with E-state index in [4.69, 9.17) is 10.5 Å². The van der Waals surface area contributed by atoms with Crippen molar-refractivity contribution < 1.29 is 13.2 Å². The van der Waals surface area contributed by atoms with Crippen molar-refractivity contribution in [3.63, 3.8) is 0 Å². The molecule has 0 heterocycles. The van der Waals surface area contributed by atoms with Gasteiger partial charge in [0.25, 0.3) is 0 Å². The molecule has 0 saturated carbocycles. The molecule has 19 heavy (non-hydrogen) atoms. The van der Waals surface area contributed by atoms with E-state index in [1.165, 1.54) is 6.26 Å². The van der Waals surface area contributed by atoms with E-state index in [2.05, 4.69) is 0 Å². The van der Waals surface area contributed by atoms with Crippen LogP contribution in [0.4, 0.5) is 0 Å². The van der Waals surface area contributed by atoms with Crippen LogP contribution in [-0.2, 0) is 9.84 Å². The molecule has 1 atom stereocenters. The zero-order chi connectivity index (χ0) is 14.5. The predicted molar refractivity (Wildman–Crippen MR) is 81.7 cm³/mol. The zero-order valence-electron chi connectivity index (χ0n) is 11.5. The number of sulfone groups is 1. The minimum absolute atomic E-state index is 0.153. The van der Waals surface area contributed by atoms with Crippen molar-refractivity contribution in [2.45, 2.75) is 13.0 Å². The summed E-state index contributed by atoms with van der Waals surface area (Å²) in [4.78, 5) is 0. The highest BCUT2D eigenvalue weighted by atomic mass is 32.2. The van der Waals surface area contributed by atoms with Crippen LogP contribution < -0.4 is 10.5 Å². The van der Waals surface area contributed by atoms with Gasteiger partial charge in [0.05, 0.1) is 12.9 Å². The van der Waals surface area contributed by atoms with E-state index in [-0.39, 0.29) is 11.8 Å². The zero-order valence-corrected chi connectivity index (χ0v) is 13.2. The van der Waals surface area contributed by atoms with Gasteiger partial charge in [-0.2, -0.15) is 11.8 Å². The summed E-state index contributed by atoms with van der Waals surface area (Å²) >= 11 is 1.55. The van der Waals surface area contributed by atoms with Gasteiger partial charge in [-0.25, -0.2) is 8.42 Å². The molecule has 0 spiro atoms. The van der Waals surface area contributed by atoms with Crippen LogP contribution in [0, 0.1) is 6.92 Å². The van der Waals surface area contributed by atoms with E-state index in [1.807, 2.05) is 25.1 Å². The summed E-state index contributed by atoms with van der Waals surface area (Å²) in [5, 5.41) is 0. The Morgan fingerprint density at radius 3 is 2.68 bits per heavy atom. The highest BCUT2D eigenvalue weighted by molar-refractivity contribution is 8.00. The number of benzene rings is 1. The van der Waals surface area contributed by atoms with Crippen LogP contribution in [0.5, 0.6) is 5.75 Å². The lowest BCUT2D eigenvalue weighted by atomic mass is 10.1. The molecule has 0 bridgehead atoms. The first-order valence-electron chi connectivity index (χ1n) is 5.99. The third kappa shape index (κ3) is 5.84. The number of methoxy groups -OCH3 is 1. The molecule has 2 N–H and O–H groups in total. The lowest BCUT2D eigenvalue weighted by Gasteiger charge is -2.16. The van der Waals surface area contributed by atoms with Gasteiger partial charge in [-0.1, -0.05) is 17.7 Å². The Balaban J connectivity index is 2.58. The van der Waals surface area contributed by atoms with E-state index in [1.54, 1.807) is 18.9 Å². The van der Waals surface area contributed by atoms with Crippen LogP contribution in [0.25, 0.3) is 0 Å². The number of hydrogen-bond acceptors (Lipinski definition) is 5. The number of rotatable bonds is 7. The number of thioether (sulfide) groups is 1. The van der Waals surface area contributed by atoms with E-state index in [0.717, 1.165) is 16.9 Å². The Bertz CT molecular complexity index is 515. The van der Waals surface area contributed by atoms with E-state index < -0.39 is 9.84 Å². The first-order valence-corrected chi connectivity index (χ1v) is 9.20. The van der Waals surface area contributed by atoms with Gasteiger partial charge in [0.15, 0.2) is 0 Å². The molecule has 1 rings (SSSR count). The first kappa shape index (κ1) is 16.3. The molecule has 0 aromatic heterocycles. The Kier molecular flexibility index (Phi) is 6.16. The first-order chi connectivity index (χ1) is 8.83. The van der Waals surface area contributed by atoms with E-state index in [0.29, 0.717) is 11.5 Å². The molecule has 0 amide bonds. The van der Waals surface area contributed by atoms with E-state index >= 15 is 0 Å². The van der Waals surface area contributed by atoms with Gasteiger partial charge in [0.1, 0.15) is 15.6 Å². The second kappa shape index (κ2) is 7.17. The molecule has 1 aromatic rings. The Morgan fingerprint density at radius 2 is 2.11 bits per heavy atom. The lowest BCUT2D eigenvalue weighted by Crippen LogP contribution is -2.15. The molecule has 1 unspecified atom stereocenters. The maximum Gasteiger partial charge on any atom is 0.148 e. The van der Waals surface area contributed by atoms with Gasteiger partial charge in [-0.3, -0.25) is 0 Å². The molecule has 0 aliphatic rings. The summed E-state index contributed by atoms with van der Waals surface area (Å²) in [7, 11) is -1.27. The lowest BCUT2D eigenvalue weighted by molar-refractivity contribution is 0.407. The van der Waals surface area contributed by atoms with Crippen molar-refractivity contribution in [2.24, 2.45) is 5.73 Å². The molecule has 6 heteroatoms. The van der Waals surface area contributed by atoms with Gasteiger partial charge in [0, 0.05) is 29.4 Å². The van der Waals surface area contributed by atoms with Gasteiger partial charge in [-0.15, -0.1) is 0 Å². The average Bonchev–Trinajstić information content (AvgIpc) is 2.33. The molecular weight excluding hydrogens is 282 g/mol. The van der Waals surface area contributed by atoms with Crippen LogP contribution in [-0.4, -0.2) is 39.0 Å². The number of aryl methyl sites for hydroxylation is 1. The van der Waals surface area contributed by atoms with Crippen LogP contribution in [0.3, 0.4) is 0 Å². The largest absolute Gasteiger partial charge is 0.496 e. The van der Waals surface area contributed by atoms with Crippen LogP contribution in [0.15, 0.2) is 18.2 Å². The second-order valence-corrected chi connectivity index (χ2v) is 7.97. The van der Waals surface area contributed by atoms with Crippen molar-refractivity contribution in [2.75, 3.05) is 30.6 Å². The summed E-state index contributed by atoms with van der Waals surface area (Å²) in [5.74, 6) is 2.22. The molecule has 108 valence electrons. The minimum atomic E-state index is -2.89. The predicted octanol–water partition coefficient (Wildman–Crippen LogP) is 1.78. The Hall–Kier alpha value is -0.720. The molecule has 0 saturated heterocycles. The smallest absolute Gasteiger partial charge is 0.148 e. The fourth-order valence-corrected chi connectivity index (χ4v) is 3.94. The summed E-state index contributed by atoms with van der Waals surface area (Å²) in [6.07, 6.45) is 1.25. The second-order valence-electron chi connectivity index (χ2n) is 4.56. The highest BCUT2D eigenvalue weighted by Gasteiger charge is 2.12. The molecule has 0 fully saturated rings. The van der Waals surface area contributed by atoms with Crippen LogP contribution >= 0.6 is 11.8 Å². The topological polar surface area (TPSA) is 69.4 Å². The Morgan fingerprint density at radius 1 is 1.42 bits per heavy atom. The fraction of sp³-hybridized carbons (Fsp3) is 0.538. The van der Waals surface area contributed by atoms with Gasteiger partial charge in [0.2, 0.25) is 0 Å². The van der Waals surface area contributed by atoms with Crippen molar-refractivity contribution in [3.05, 3.63) is 29.3 Å². The van der Waals surface area contributed by atoms with Gasteiger partial charge < -0.3 is 10.5 Å². The third-order valence-electron chi connectivity index (χ3n) is 2.68. The SMILES string of the molecule is COc1ccc(C)cc1C(N)CSCCS(C)(=O)=O. The molecule has 0 radical (unpaired) electrons.